The van der Waals surface area contributed by atoms with Gasteiger partial charge in [-0.25, -0.2) is 4.39 Å². The van der Waals surface area contributed by atoms with E-state index in [0.717, 1.165) is 12.0 Å². The van der Waals surface area contributed by atoms with Crippen LogP contribution in [-0.4, -0.2) is 0 Å². The average molecular weight is 289 g/mol. The average Bonchev–Trinajstić information content (AvgIpc) is 2.45. The van der Waals surface area contributed by atoms with Crippen LogP contribution < -0.4 is 5.32 Å². The molecule has 1 atom stereocenters. The zero-order valence-electron chi connectivity index (χ0n) is 11.0. The maximum absolute atomic E-state index is 13.6. The highest BCUT2D eigenvalue weighted by Crippen LogP contribution is 2.27. The fourth-order valence-corrected chi connectivity index (χ4v) is 2.29. The smallest absolute Gasteiger partial charge is 0.143 e. The fourth-order valence-electron chi connectivity index (χ4n) is 2.09. The molecule has 0 fully saturated rings. The molecule has 2 rings (SSSR count). The molecule has 0 spiro atoms. The number of nitrogens with one attached hydrogen (secondary N) is 1. The van der Waals surface area contributed by atoms with E-state index in [-0.39, 0.29) is 11.6 Å². The van der Waals surface area contributed by atoms with Gasteiger partial charge >= 0.3 is 0 Å². The number of rotatable bonds is 4. The first-order chi connectivity index (χ1) is 9.65. The van der Waals surface area contributed by atoms with Gasteiger partial charge in [0.15, 0.2) is 0 Å². The lowest BCUT2D eigenvalue weighted by Gasteiger charge is -2.20. The quantitative estimate of drug-likeness (QED) is 0.867. The maximum atomic E-state index is 13.6. The van der Waals surface area contributed by atoms with Crippen LogP contribution in [0.25, 0.3) is 0 Å². The summed E-state index contributed by atoms with van der Waals surface area (Å²) in [6, 6.07) is 13.9. The van der Waals surface area contributed by atoms with Gasteiger partial charge in [0.2, 0.25) is 0 Å². The minimum Gasteiger partial charge on any atom is -0.377 e. The molecular formula is C16H14ClFN2. The Morgan fingerprint density at radius 3 is 2.70 bits per heavy atom. The lowest BCUT2D eigenvalue weighted by Crippen LogP contribution is -2.11. The zero-order chi connectivity index (χ0) is 14.5. The van der Waals surface area contributed by atoms with Gasteiger partial charge in [-0.15, -0.1) is 0 Å². The van der Waals surface area contributed by atoms with Crippen LogP contribution in [0.15, 0.2) is 42.5 Å². The Labute approximate surface area is 122 Å². The van der Waals surface area contributed by atoms with Gasteiger partial charge in [0.25, 0.3) is 0 Å². The van der Waals surface area contributed by atoms with E-state index >= 15 is 0 Å². The minimum atomic E-state index is -0.515. The summed E-state index contributed by atoms with van der Waals surface area (Å²) in [6.45, 7) is 2.02. The Morgan fingerprint density at radius 2 is 2.05 bits per heavy atom. The monoisotopic (exact) mass is 288 g/mol. The highest BCUT2D eigenvalue weighted by atomic mass is 35.5. The second-order valence-corrected chi connectivity index (χ2v) is 4.87. The molecule has 2 nitrogen and oxygen atoms in total. The fraction of sp³-hybridized carbons (Fsp3) is 0.188. The second kappa shape index (κ2) is 6.40. The van der Waals surface area contributed by atoms with Crippen molar-refractivity contribution in [3.05, 3.63) is 64.4 Å². The van der Waals surface area contributed by atoms with Gasteiger partial charge in [-0.2, -0.15) is 5.26 Å². The lowest BCUT2D eigenvalue weighted by atomic mass is 10.0. The Hall–Kier alpha value is -2.05. The maximum Gasteiger partial charge on any atom is 0.143 e. The molecule has 0 heterocycles. The number of halogens is 2. The highest BCUT2D eigenvalue weighted by molar-refractivity contribution is 6.30. The second-order valence-electron chi connectivity index (χ2n) is 4.43. The van der Waals surface area contributed by atoms with E-state index in [1.807, 2.05) is 31.2 Å². The topological polar surface area (TPSA) is 35.8 Å². The number of nitriles is 1. The van der Waals surface area contributed by atoms with E-state index in [1.165, 1.54) is 6.07 Å². The van der Waals surface area contributed by atoms with Crippen molar-refractivity contribution in [3.63, 3.8) is 0 Å². The van der Waals surface area contributed by atoms with E-state index in [9.17, 15) is 4.39 Å². The van der Waals surface area contributed by atoms with Gasteiger partial charge in [0, 0.05) is 5.02 Å². The van der Waals surface area contributed by atoms with Gasteiger partial charge in [0.1, 0.15) is 17.4 Å². The molecule has 1 N–H and O–H groups in total. The van der Waals surface area contributed by atoms with Crippen LogP contribution in [0.5, 0.6) is 0 Å². The lowest BCUT2D eigenvalue weighted by molar-refractivity contribution is 0.623. The summed E-state index contributed by atoms with van der Waals surface area (Å²) in [4.78, 5) is 0. The summed E-state index contributed by atoms with van der Waals surface area (Å²) in [5.74, 6) is -0.515. The molecule has 0 amide bonds. The van der Waals surface area contributed by atoms with Crippen LogP contribution in [0.4, 0.5) is 10.1 Å². The van der Waals surface area contributed by atoms with E-state index in [2.05, 4.69) is 5.32 Å². The molecule has 0 aliphatic heterocycles. The molecule has 0 aliphatic rings. The van der Waals surface area contributed by atoms with Crippen molar-refractivity contribution in [1.82, 2.24) is 0 Å². The van der Waals surface area contributed by atoms with Crippen molar-refractivity contribution in [2.24, 2.45) is 0 Å². The van der Waals surface area contributed by atoms with E-state index < -0.39 is 5.82 Å². The molecule has 2 aromatic rings. The molecular weight excluding hydrogens is 275 g/mol. The molecule has 0 saturated carbocycles. The van der Waals surface area contributed by atoms with Crippen molar-refractivity contribution < 1.29 is 4.39 Å². The Morgan fingerprint density at radius 1 is 1.30 bits per heavy atom. The Bertz CT molecular complexity index is 649. The summed E-state index contributed by atoms with van der Waals surface area (Å²) in [5.41, 5.74) is 1.54. The molecule has 2 aromatic carbocycles. The summed E-state index contributed by atoms with van der Waals surface area (Å²) >= 11 is 5.99. The molecule has 102 valence electrons. The number of hydrogen-bond donors (Lipinski definition) is 1. The van der Waals surface area contributed by atoms with Gasteiger partial charge in [-0.1, -0.05) is 36.7 Å². The Kier molecular flexibility index (Phi) is 4.60. The first-order valence-corrected chi connectivity index (χ1v) is 6.74. The van der Waals surface area contributed by atoms with Crippen molar-refractivity contribution in [2.45, 2.75) is 19.4 Å². The van der Waals surface area contributed by atoms with Gasteiger partial charge in [-0.05, 0) is 36.2 Å². The van der Waals surface area contributed by atoms with Crippen LogP contribution in [0, 0.1) is 17.1 Å². The minimum absolute atomic E-state index is 0.0254. The van der Waals surface area contributed by atoms with Crippen LogP contribution in [0.3, 0.4) is 0 Å². The van der Waals surface area contributed by atoms with Crippen molar-refractivity contribution in [2.75, 3.05) is 5.32 Å². The number of nitrogens with zero attached hydrogens (tertiary/aromatic N) is 1. The van der Waals surface area contributed by atoms with Crippen LogP contribution >= 0.6 is 11.6 Å². The largest absolute Gasteiger partial charge is 0.377 e. The number of hydrogen-bond acceptors (Lipinski definition) is 2. The zero-order valence-corrected chi connectivity index (χ0v) is 11.8. The summed E-state index contributed by atoms with van der Waals surface area (Å²) in [7, 11) is 0. The van der Waals surface area contributed by atoms with Crippen molar-refractivity contribution in [3.8, 4) is 6.07 Å². The first kappa shape index (κ1) is 14.4. The van der Waals surface area contributed by atoms with Crippen LogP contribution in [-0.2, 0) is 0 Å². The molecule has 4 heteroatoms. The standard InChI is InChI=1S/C16H14ClFN2/c1-2-15(11-5-3-6-12(17)9-11)20-16-8-4-7-14(18)13(16)10-19/h3-9,15,20H,2H2,1H3. The SMILES string of the molecule is CCC(Nc1cccc(F)c1C#N)c1cccc(Cl)c1. The summed E-state index contributed by atoms with van der Waals surface area (Å²) < 4.78 is 13.6. The molecule has 0 radical (unpaired) electrons. The number of anilines is 1. The van der Waals surface area contributed by atoms with E-state index in [0.29, 0.717) is 10.7 Å². The van der Waals surface area contributed by atoms with Gasteiger partial charge in [0.05, 0.1) is 11.7 Å². The van der Waals surface area contributed by atoms with Gasteiger partial charge < -0.3 is 5.32 Å². The van der Waals surface area contributed by atoms with Crippen LogP contribution in [0.1, 0.15) is 30.5 Å². The van der Waals surface area contributed by atoms with Crippen LogP contribution in [0.2, 0.25) is 5.02 Å². The van der Waals surface area contributed by atoms with E-state index in [4.69, 9.17) is 16.9 Å². The number of benzene rings is 2. The molecule has 0 saturated heterocycles. The normalized spacial score (nSPS) is 11.7. The molecule has 0 bridgehead atoms. The molecule has 20 heavy (non-hydrogen) atoms. The predicted octanol–water partition coefficient (Wildman–Crippen LogP) is 4.91. The third-order valence-electron chi connectivity index (χ3n) is 3.11. The van der Waals surface area contributed by atoms with Crippen molar-refractivity contribution in [1.29, 1.82) is 5.26 Å². The predicted molar refractivity (Wildman–Crippen MR) is 79.2 cm³/mol. The first-order valence-electron chi connectivity index (χ1n) is 6.36. The summed E-state index contributed by atoms with van der Waals surface area (Å²) in [6.07, 6.45) is 0.793. The van der Waals surface area contributed by atoms with Gasteiger partial charge in [-0.3, -0.25) is 0 Å². The van der Waals surface area contributed by atoms with E-state index in [1.54, 1.807) is 18.2 Å². The third kappa shape index (κ3) is 3.09. The molecule has 0 aromatic heterocycles. The summed E-state index contributed by atoms with van der Waals surface area (Å²) in [5, 5.41) is 12.9. The van der Waals surface area contributed by atoms with Crippen molar-refractivity contribution >= 4 is 17.3 Å². The Balaban J connectivity index is 2.32. The highest BCUT2D eigenvalue weighted by Gasteiger charge is 2.13. The molecule has 1 unspecified atom stereocenters. The molecule has 0 aliphatic carbocycles. The third-order valence-corrected chi connectivity index (χ3v) is 3.35.